The highest BCUT2D eigenvalue weighted by Gasteiger charge is 2.54. The van der Waals surface area contributed by atoms with E-state index in [0.29, 0.717) is 35.0 Å². The lowest BCUT2D eigenvalue weighted by Gasteiger charge is -2.58. The number of sulfone groups is 1. The van der Waals surface area contributed by atoms with Crippen LogP contribution in [-0.2, 0) is 29.7 Å². The van der Waals surface area contributed by atoms with Crippen molar-refractivity contribution < 1.29 is 13.5 Å². The van der Waals surface area contributed by atoms with Crippen LogP contribution in [0.2, 0.25) is 0 Å². The lowest BCUT2D eigenvalue weighted by molar-refractivity contribution is -0.151. The Balaban J connectivity index is 1.47. The Hall–Kier alpha value is -2.18. The van der Waals surface area contributed by atoms with Crippen molar-refractivity contribution in [3.05, 3.63) is 57.5 Å². The van der Waals surface area contributed by atoms with Gasteiger partial charge in [0.05, 0.1) is 10.5 Å². The van der Waals surface area contributed by atoms with Crippen LogP contribution < -0.4 is 5.56 Å². The van der Waals surface area contributed by atoms with Crippen LogP contribution in [0.1, 0.15) is 48.8 Å². The van der Waals surface area contributed by atoms with Gasteiger partial charge in [-0.1, -0.05) is 18.2 Å². The first-order chi connectivity index (χ1) is 15.6. The molecule has 174 valence electrons. The molecule has 1 aromatic carbocycles. The first kappa shape index (κ1) is 21.4. The van der Waals surface area contributed by atoms with Gasteiger partial charge < -0.3 is 9.67 Å². The molecule has 1 N–H and O–H groups in total. The highest BCUT2D eigenvalue weighted by Crippen LogP contribution is 2.59. The summed E-state index contributed by atoms with van der Waals surface area (Å²) in [6.07, 6.45) is 13.8. The fourth-order valence-electron chi connectivity index (χ4n) is 7.60. The molecule has 6 heteroatoms. The zero-order valence-corrected chi connectivity index (χ0v) is 20.1. The third-order valence-corrected chi connectivity index (χ3v) is 9.92. The highest BCUT2D eigenvalue weighted by molar-refractivity contribution is 7.90. The lowest BCUT2D eigenvalue weighted by atomic mass is 9.49. The average Bonchev–Trinajstić information content (AvgIpc) is 3.22. The van der Waals surface area contributed by atoms with Gasteiger partial charge in [0.15, 0.2) is 9.84 Å². The summed E-state index contributed by atoms with van der Waals surface area (Å²) < 4.78 is 26.4. The van der Waals surface area contributed by atoms with Gasteiger partial charge in [0.2, 0.25) is 0 Å². The smallest absolute Gasteiger partial charge is 0.254 e. The third-order valence-electron chi connectivity index (χ3n) is 8.81. The summed E-state index contributed by atoms with van der Waals surface area (Å²) in [6, 6.07) is 5.53. The molecule has 0 spiro atoms. The molecule has 2 unspecified atom stereocenters. The van der Waals surface area contributed by atoms with Crippen molar-refractivity contribution in [2.24, 2.45) is 30.7 Å². The van der Waals surface area contributed by atoms with Crippen molar-refractivity contribution in [2.75, 3.05) is 6.26 Å². The number of rotatable bonds is 4. The van der Waals surface area contributed by atoms with Crippen molar-refractivity contribution in [2.45, 2.75) is 55.4 Å². The fraction of sp³-hybridized carbons (Fsp3) is 0.519. The van der Waals surface area contributed by atoms with E-state index in [2.05, 4.69) is 0 Å². The van der Waals surface area contributed by atoms with Gasteiger partial charge in [0.1, 0.15) is 0 Å². The predicted octanol–water partition coefficient (Wildman–Crippen LogP) is 3.75. The first-order valence-electron chi connectivity index (χ1n) is 12.1. The molecule has 4 saturated carbocycles. The van der Waals surface area contributed by atoms with Gasteiger partial charge in [0.25, 0.3) is 5.56 Å². The number of aromatic nitrogens is 1. The Labute approximate surface area is 195 Å². The summed E-state index contributed by atoms with van der Waals surface area (Å²) in [5.41, 5.74) is 4.25. The van der Waals surface area contributed by atoms with Crippen LogP contribution in [0.5, 0.6) is 0 Å². The van der Waals surface area contributed by atoms with Crippen LogP contribution in [0.4, 0.5) is 0 Å². The summed E-state index contributed by atoms with van der Waals surface area (Å²) in [4.78, 5) is 13.0. The van der Waals surface area contributed by atoms with Gasteiger partial charge in [-0.15, -0.1) is 0 Å². The van der Waals surface area contributed by atoms with Crippen molar-refractivity contribution in [3.63, 3.8) is 0 Å². The van der Waals surface area contributed by atoms with E-state index in [0.717, 1.165) is 53.5 Å². The molecule has 1 aromatic heterocycles. The van der Waals surface area contributed by atoms with Crippen LogP contribution in [0.25, 0.3) is 17.2 Å². The molecule has 1 heterocycles. The van der Waals surface area contributed by atoms with Crippen LogP contribution >= 0.6 is 0 Å². The Morgan fingerprint density at radius 3 is 2.52 bits per heavy atom. The summed E-state index contributed by atoms with van der Waals surface area (Å²) in [5, 5.41) is 11.0. The van der Waals surface area contributed by atoms with Gasteiger partial charge in [-0.05, 0) is 97.4 Å². The Morgan fingerprint density at radius 1 is 1.12 bits per heavy atom. The second-order valence-corrected chi connectivity index (χ2v) is 13.1. The van der Waals surface area contributed by atoms with E-state index in [4.69, 9.17) is 0 Å². The zero-order valence-electron chi connectivity index (χ0n) is 19.3. The Bertz CT molecular complexity index is 1340. The quantitative estimate of drug-likeness (QED) is 0.746. The second kappa shape index (κ2) is 7.16. The largest absolute Gasteiger partial charge is 0.390 e. The minimum Gasteiger partial charge on any atom is -0.390 e. The van der Waals surface area contributed by atoms with Gasteiger partial charge in [-0.3, -0.25) is 4.79 Å². The van der Waals surface area contributed by atoms with Crippen LogP contribution in [0, 0.1) is 23.7 Å². The summed E-state index contributed by atoms with van der Waals surface area (Å²) in [7, 11) is -1.59. The van der Waals surface area contributed by atoms with Gasteiger partial charge in [0, 0.05) is 30.6 Å². The highest BCUT2D eigenvalue weighted by atomic mass is 32.2. The number of allylic oxidation sites excluding steroid dienone is 1. The molecule has 0 radical (unpaired) electrons. The maximum absolute atomic E-state index is 12.7. The molecule has 2 aromatic rings. The molecule has 0 aliphatic heterocycles. The van der Waals surface area contributed by atoms with E-state index >= 15 is 0 Å². The number of hydrogen-bond acceptors (Lipinski definition) is 4. The van der Waals surface area contributed by atoms with Crippen LogP contribution in [0.15, 0.2) is 40.2 Å². The number of aryl methyl sites for hydroxylation is 1. The van der Waals surface area contributed by atoms with E-state index in [1.165, 1.54) is 19.1 Å². The number of pyridine rings is 1. The minimum atomic E-state index is -3.36. The molecular formula is C27H31NO4S. The van der Waals surface area contributed by atoms with E-state index in [-0.39, 0.29) is 5.56 Å². The third kappa shape index (κ3) is 3.45. The summed E-state index contributed by atoms with van der Waals surface area (Å²) in [5.74, 6) is 2.25. The predicted molar refractivity (Wildman–Crippen MR) is 129 cm³/mol. The standard InChI is InChI=1S/C27H31NO4S/c1-28-15-25(21-4-3-5-22(21)26(28)29)24-11-20(33(2,31)32)7-6-17(24)10-23-18-8-16-9-19(23)14-27(30,12-16)13-18/h3-4,6-7,11,15-16,18-19,23,30H,5,8-10,12-14H2,1-2H3. The SMILES string of the molecule is Cn1cc(-c2cc(S(C)(=O)=O)ccc2CC2C3CC4CC2CC(O)(C4)C3)c2c(c1=O)CC=C2. The molecular weight excluding hydrogens is 434 g/mol. The van der Waals surface area contributed by atoms with Crippen LogP contribution in [-0.4, -0.2) is 29.9 Å². The zero-order chi connectivity index (χ0) is 23.1. The lowest BCUT2D eigenvalue weighted by Crippen LogP contribution is -2.55. The van der Waals surface area contributed by atoms with E-state index in [1.807, 2.05) is 24.4 Å². The summed E-state index contributed by atoms with van der Waals surface area (Å²) >= 11 is 0. The molecule has 0 amide bonds. The average molecular weight is 466 g/mol. The minimum absolute atomic E-state index is 0.00819. The maximum atomic E-state index is 12.7. The second-order valence-electron chi connectivity index (χ2n) is 11.1. The fourth-order valence-corrected chi connectivity index (χ4v) is 8.25. The van der Waals surface area contributed by atoms with E-state index in [1.54, 1.807) is 23.7 Å². The number of fused-ring (bicyclic) bond motifs is 1. The van der Waals surface area contributed by atoms with Gasteiger partial charge in [-0.2, -0.15) is 0 Å². The van der Waals surface area contributed by atoms with Gasteiger partial charge >= 0.3 is 0 Å². The first-order valence-corrected chi connectivity index (χ1v) is 14.0. The Kier molecular flexibility index (Phi) is 4.63. The van der Waals surface area contributed by atoms with Crippen molar-refractivity contribution >= 4 is 15.9 Å². The molecule has 0 saturated heterocycles. The number of benzene rings is 1. The molecule has 4 fully saturated rings. The van der Waals surface area contributed by atoms with Crippen molar-refractivity contribution in [3.8, 4) is 11.1 Å². The number of nitrogens with zero attached hydrogens (tertiary/aromatic N) is 1. The van der Waals surface area contributed by atoms with Crippen molar-refractivity contribution in [1.82, 2.24) is 4.57 Å². The normalized spacial score (nSPS) is 31.8. The molecule has 7 rings (SSSR count). The van der Waals surface area contributed by atoms with Gasteiger partial charge in [-0.25, -0.2) is 8.42 Å². The molecule has 5 nitrogen and oxygen atoms in total. The van der Waals surface area contributed by atoms with Crippen LogP contribution in [0.3, 0.4) is 0 Å². The number of aliphatic hydroxyl groups is 1. The van der Waals surface area contributed by atoms with Crippen molar-refractivity contribution in [1.29, 1.82) is 0 Å². The Morgan fingerprint density at radius 2 is 1.85 bits per heavy atom. The number of hydrogen-bond donors (Lipinski definition) is 1. The molecule has 4 bridgehead atoms. The molecule has 2 atom stereocenters. The van der Waals surface area contributed by atoms with E-state index < -0.39 is 15.4 Å². The molecule has 33 heavy (non-hydrogen) atoms. The molecule has 5 aliphatic rings. The topological polar surface area (TPSA) is 76.4 Å². The summed E-state index contributed by atoms with van der Waals surface area (Å²) in [6.45, 7) is 0. The van der Waals surface area contributed by atoms with E-state index in [9.17, 15) is 18.3 Å². The molecule has 5 aliphatic carbocycles. The maximum Gasteiger partial charge on any atom is 0.254 e. The monoisotopic (exact) mass is 465 g/mol.